The number of rotatable bonds is 4. The van der Waals surface area contributed by atoms with Crippen molar-refractivity contribution in [2.24, 2.45) is 5.92 Å². The second-order valence-electron chi connectivity index (χ2n) is 3.66. The smallest absolute Gasteiger partial charge is 0.318 e. The number of methoxy groups -OCH3 is 1. The zero-order valence-electron chi connectivity index (χ0n) is 9.75. The van der Waals surface area contributed by atoms with Gasteiger partial charge in [-0.1, -0.05) is 23.7 Å². The quantitative estimate of drug-likeness (QED) is 0.486. The van der Waals surface area contributed by atoms with E-state index in [4.69, 9.17) is 23.2 Å². The molecule has 0 heterocycles. The van der Waals surface area contributed by atoms with E-state index in [-0.39, 0.29) is 10.6 Å². The Kier molecular flexibility index (Phi) is 5.11. The second kappa shape index (κ2) is 6.16. The van der Waals surface area contributed by atoms with Crippen LogP contribution >= 0.6 is 23.2 Å². The molecule has 2 unspecified atom stereocenters. The first-order valence-electron chi connectivity index (χ1n) is 5.06. The standard InChI is InChI=1S/C12H11Cl2FO3/c1-6(16)9(12(17)18-2)10(14)7-4-3-5-8(13)11(7)15/h3-5,9-10H,1-2H3. The summed E-state index contributed by atoms with van der Waals surface area (Å²) in [5.41, 5.74) is -0.00485. The van der Waals surface area contributed by atoms with Crippen molar-refractivity contribution in [1.82, 2.24) is 0 Å². The molecule has 0 aliphatic rings. The molecule has 0 bridgehead atoms. The Labute approximate surface area is 114 Å². The van der Waals surface area contributed by atoms with Gasteiger partial charge in [-0.3, -0.25) is 9.59 Å². The molecule has 1 aromatic rings. The highest BCUT2D eigenvalue weighted by Gasteiger charge is 2.34. The van der Waals surface area contributed by atoms with E-state index in [1.807, 2.05) is 0 Å². The highest BCUT2D eigenvalue weighted by molar-refractivity contribution is 6.31. The predicted molar refractivity (Wildman–Crippen MR) is 66.2 cm³/mol. The van der Waals surface area contributed by atoms with E-state index in [2.05, 4.69) is 4.74 Å². The van der Waals surface area contributed by atoms with Gasteiger partial charge in [-0.15, -0.1) is 11.6 Å². The number of benzene rings is 1. The summed E-state index contributed by atoms with van der Waals surface area (Å²) in [7, 11) is 1.14. The lowest BCUT2D eigenvalue weighted by atomic mass is 9.95. The molecular weight excluding hydrogens is 282 g/mol. The Balaban J connectivity index is 3.18. The fraction of sp³-hybridized carbons (Fsp3) is 0.333. The Hall–Kier alpha value is -1.13. The van der Waals surface area contributed by atoms with Crippen molar-refractivity contribution >= 4 is 35.0 Å². The van der Waals surface area contributed by atoms with Gasteiger partial charge in [0.15, 0.2) is 0 Å². The molecule has 98 valence electrons. The lowest BCUT2D eigenvalue weighted by Gasteiger charge is -2.18. The van der Waals surface area contributed by atoms with Crippen molar-refractivity contribution < 1.29 is 18.7 Å². The normalized spacial score (nSPS) is 13.8. The van der Waals surface area contributed by atoms with Crippen molar-refractivity contribution in [3.8, 4) is 0 Å². The molecule has 2 atom stereocenters. The van der Waals surface area contributed by atoms with E-state index in [1.165, 1.54) is 25.1 Å². The first-order valence-corrected chi connectivity index (χ1v) is 5.87. The fourth-order valence-corrected chi connectivity index (χ4v) is 2.16. The fourth-order valence-electron chi connectivity index (χ4n) is 1.53. The monoisotopic (exact) mass is 292 g/mol. The van der Waals surface area contributed by atoms with E-state index in [1.54, 1.807) is 0 Å². The van der Waals surface area contributed by atoms with Crippen LogP contribution in [0.15, 0.2) is 18.2 Å². The molecule has 1 aromatic carbocycles. The summed E-state index contributed by atoms with van der Waals surface area (Å²) in [4.78, 5) is 22.9. The van der Waals surface area contributed by atoms with Gasteiger partial charge < -0.3 is 4.74 Å². The Morgan fingerprint density at radius 1 is 1.39 bits per heavy atom. The van der Waals surface area contributed by atoms with Crippen molar-refractivity contribution in [3.05, 3.63) is 34.6 Å². The molecule has 0 N–H and O–H groups in total. The van der Waals surface area contributed by atoms with Crippen LogP contribution in [0, 0.1) is 11.7 Å². The average Bonchev–Trinajstić information content (AvgIpc) is 2.31. The minimum atomic E-state index is -1.26. The van der Waals surface area contributed by atoms with Crippen LogP contribution in [0.4, 0.5) is 4.39 Å². The number of ketones is 1. The van der Waals surface area contributed by atoms with Gasteiger partial charge in [-0.2, -0.15) is 0 Å². The molecule has 1 rings (SSSR count). The van der Waals surface area contributed by atoms with Crippen LogP contribution in [0.3, 0.4) is 0 Å². The summed E-state index contributed by atoms with van der Waals surface area (Å²) in [5.74, 6) is -3.30. The molecule has 3 nitrogen and oxygen atoms in total. The van der Waals surface area contributed by atoms with Crippen molar-refractivity contribution in [1.29, 1.82) is 0 Å². The molecule has 18 heavy (non-hydrogen) atoms. The number of hydrogen-bond donors (Lipinski definition) is 0. The van der Waals surface area contributed by atoms with Gasteiger partial charge in [0.1, 0.15) is 17.5 Å². The predicted octanol–water partition coefficient (Wildman–Crippen LogP) is 3.14. The summed E-state index contributed by atoms with van der Waals surface area (Å²) < 4.78 is 18.3. The Morgan fingerprint density at radius 3 is 2.50 bits per heavy atom. The summed E-state index contributed by atoms with van der Waals surface area (Å²) in [5, 5.41) is -1.28. The highest BCUT2D eigenvalue weighted by Crippen LogP contribution is 2.34. The number of carbonyl (C=O) groups excluding carboxylic acids is 2. The summed E-state index contributed by atoms with van der Waals surface area (Å²) in [6.07, 6.45) is 0. The second-order valence-corrected chi connectivity index (χ2v) is 4.53. The minimum Gasteiger partial charge on any atom is -0.468 e. The number of ether oxygens (including phenoxy) is 1. The SMILES string of the molecule is COC(=O)C(C(C)=O)C(Cl)c1cccc(Cl)c1F. The van der Waals surface area contributed by atoms with Crippen LogP contribution in [0.2, 0.25) is 5.02 Å². The van der Waals surface area contributed by atoms with E-state index in [0.717, 1.165) is 7.11 Å². The topological polar surface area (TPSA) is 43.4 Å². The Morgan fingerprint density at radius 2 is 2.00 bits per heavy atom. The van der Waals surface area contributed by atoms with E-state index in [0.29, 0.717) is 0 Å². The first kappa shape index (κ1) is 14.9. The molecule has 0 aliphatic heterocycles. The molecule has 0 aliphatic carbocycles. The van der Waals surface area contributed by atoms with Crippen LogP contribution in [-0.2, 0) is 14.3 Å². The summed E-state index contributed by atoms with van der Waals surface area (Å²) in [6, 6.07) is 4.22. The van der Waals surface area contributed by atoms with Gasteiger partial charge in [0.2, 0.25) is 0 Å². The number of esters is 1. The minimum absolute atomic E-state index is 0.00485. The maximum absolute atomic E-state index is 13.8. The Bertz CT molecular complexity index is 476. The van der Waals surface area contributed by atoms with E-state index < -0.39 is 28.9 Å². The summed E-state index contributed by atoms with van der Waals surface area (Å²) in [6.45, 7) is 1.19. The van der Waals surface area contributed by atoms with E-state index >= 15 is 0 Å². The largest absolute Gasteiger partial charge is 0.468 e. The number of hydrogen-bond acceptors (Lipinski definition) is 3. The molecular formula is C12H11Cl2FO3. The van der Waals surface area contributed by atoms with Crippen molar-refractivity contribution in [3.63, 3.8) is 0 Å². The molecule has 6 heteroatoms. The third kappa shape index (κ3) is 3.00. The zero-order valence-corrected chi connectivity index (χ0v) is 11.3. The molecule has 0 aromatic heterocycles. The third-order valence-corrected chi connectivity index (χ3v) is 3.24. The van der Waals surface area contributed by atoms with Gasteiger partial charge in [0, 0.05) is 5.56 Å². The molecule has 0 saturated heterocycles. The van der Waals surface area contributed by atoms with Crippen LogP contribution in [-0.4, -0.2) is 18.9 Å². The van der Waals surface area contributed by atoms with Crippen LogP contribution < -0.4 is 0 Å². The maximum atomic E-state index is 13.8. The van der Waals surface area contributed by atoms with Gasteiger partial charge in [-0.25, -0.2) is 4.39 Å². The number of Topliss-reactive ketones (excluding diaryl/α,β-unsaturated/α-hetero) is 1. The number of halogens is 3. The molecule has 0 saturated carbocycles. The van der Waals surface area contributed by atoms with Gasteiger partial charge in [0.25, 0.3) is 0 Å². The van der Waals surface area contributed by atoms with Crippen LogP contribution in [0.25, 0.3) is 0 Å². The van der Waals surface area contributed by atoms with Crippen LogP contribution in [0.5, 0.6) is 0 Å². The maximum Gasteiger partial charge on any atom is 0.318 e. The average molecular weight is 293 g/mol. The lowest BCUT2D eigenvalue weighted by molar-refractivity contribution is -0.149. The molecule has 0 spiro atoms. The number of alkyl halides is 1. The third-order valence-electron chi connectivity index (χ3n) is 2.46. The first-order chi connectivity index (χ1) is 8.40. The van der Waals surface area contributed by atoms with E-state index in [9.17, 15) is 14.0 Å². The van der Waals surface area contributed by atoms with Gasteiger partial charge in [-0.05, 0) is 13.0 Å². The van der Waals surface area contributed by atoms with Crippen molar-refractivity contribution in [2.75, 3.05) is 7.11 Å². The molecule has 0 radical (unpaired) electrons. The molecule has 0 fully saturated rings. The van der Waals surface area contributed by atoms with Crippen LogP contribution in [0.1, 0.15) is 17.9 Å². The number of carbonyl (C=O) groups is 2. The van der Waals surface area contributed by atoms with Gasteiger partial charge in [0.05, 0.1) is 17.5 Å². The van der Waals surface area contributed by atoms with Crippen molar-refractivity contribution in [2.45, 2.75) is 12.3 Å². The zero-order chi connectivity index (χ0) is 13.9. The highest BCUT2D eigenvalue weighted by atomic mass is 35.5. The molecule has 0 amide bonds. The lowest BCUT2D eigenvalue weighted by Crippen LogP contribution is -2.27. The summed E-state index contributed by atoms with van der Waals surface area (Å²) >= 11 is 11.6. The van der Waals surface area contributed by atoms with Gasteiger partial charge >= 0.3 is 5.97 Å².